The van der Waals surface area contributed by atoms with Gasteiger partial charge in [0.05, 0.1) is 0 Å². The molecule has 0 aromatic rings. The van der Waals surface area contributed by atoms with Crippen LogP contribution in [0.2, 0.25) is 0 Å². The average Bonchev–Trinajstić information content (AvgIpc) is 1.88. The lowest BCUT2D eigenvalue weighted by Crippen LogP contribution is -2.27. The molecule has 0 fully saturated rings. The second-order valence-corrected chi connectivity index (χ2v) is 2.48. The molecule has 0 atom stereocenters. The monoisotopic (exact) mass is 168 g/mol. The van der Waals surface area contributed by atoms with Crippen LogP contribution in [0.4, 0.5) is 0 Å². The van der Waals surface area contributed by atoms with Crippen LogP contribution >= 0.6 is 23.2 Å². The summed E-state index contributed by atoms with van der Waals surface area (Å²) < 4.78 is 0. The van der Waals surface area contributed by atoms with Gasteiger partial charge in [-0.25, -0.2) is 0 Å². The number of alkyl halides is 2. The first kappa shape index (κ1) is 9.54. The van der Waals surface area contributed by atoms with Crippen molar-refractivity contribution in [2.75, 3.05) is 31.4 Å². The van der Waals surface area contributed by atoms with Crippen LogP contribution in [0.15, 0.2) is 0 Å². The number of nitrogens with zero attached hydrogens (tertiary/aromatic N) is 1. The molecule has 0 N–H and O–H groups in total. The molecule has 1 nitrogen and oxygen atoms in total. The summed E-state index contributed by atoms with van der Waals surface area (Å²) in [6, 6.07) is 0. The third kappa shape index (κ3) is 5.01. The summed E-state index contributed by atoms with van der Waals surface area (Å²) in [4.78, 5) is 2.11. The van der Waals surface area contributed by atoms with Gasteiger partial charge in [-0.3, -0.25) is 0 Å². The minimum Gasteiger partial charge on any atom is -0.301 e. The predicted molar refractivity (Wildman–Crippen MR) is 43.2 cm³/mol. The van der Waals surface area contributed by atoms with Gasteiger partial charge >= 0.3 is 0 Å². The maximum atomic E-state index is 5.50. The molecule has 0 aliphatic carbocycles. The Hall–Kier alpha value is 0.540. The van der Waals surface area contributed by atoms with E-state index >= 15 is 0 Å². The van der Waals surface area contributed by atoms with E-state index in [1.54, 1.807) is 0 Å². The van der Waals surface area contributed by atoms with E-state index in [4.69, 9.17) is 23.2 Å². The lowest BCUT2D eigenvalue weighted by molar-refractivity contribution is 0.340. The molecule has 0 saturated carbocycles. The van der Waals surface area contributed by atoms with Crippen LogP contribution in [-0.2, 0) is 0 Å². The fourth-order valence-corrected chi connectivity index (χ4v) is 1.05. The standard InChI is InChI=1S/C6H12Cl2N/c1-2-9(5-3-7)6-4-8/h1-6H2. The highest BCUT2D eigenvalue weighted by molar-refractivity contribution is 6.18. The van der Waals surface area contributed by atoms with E-state index in [2.05, 4.69) is 11.8 Å². The van der Waals surface area contributed by atoms with Crippen molar-refractivity contribution >= 4 is 23.2 Å². The summed E-state index contributed by atoms with van der Waals surface area (Å²) in [6.45, 7) is 6.30. The fraction of sp³-hybridized carbons (Fsp3) is 0.833. The Labute approximate surface area is 66.9 Å². The van der Waals surface area contributed by atoms with Crippen molar-refractivity contribution in [1.29, 1.82) is 0 Å². The van der Waals surface area contributed by atoms with Crippen molar-refractivity contribution in [1.82, 2.24) is 4.90 Å². The molecule has 0 unspecified atom stereocenters. The molecule has 0 saturated heterocycles. The van der Waals surface area contributed by atoms with Crippen molar-refractivity contribution in [2.24, 2.45) is 0 Å². The van der Waals surface area contributed by atoms with Gasteiger partial charge in [0.2, 0.25) is 0 Å². The zero-order chi connectivity index (χ0) is 7.11. The SMILES string of the molecule is [CH2]CN(CCCl)CCCl. The Bertz CT molecular complexity index is 53.0. The maximum Gasteiger partial charge on any atom is 0.0351 e. The lowest BCUT2D eigenvalue weighted by Gasteiger charge is -2.16. The number of halogens is 2. The molecule has 0 bridgehead atoms. The molecule has 0 aliphatic heterocycles. The molecule has 0 heterocycles. The molecule has 0 spiro atoms. The molecule has 55 valence electrons. The Kier molecular flexibility index (Phi) is 7.06. The minimum atomic E-state index is 0.659. The van der Waals surface area contributed by atoms with Crippen molar-refractivity contribution in [3.63, 3.8) is 0 Å². The molecule has 9 heavy (non-hydrogen) atoms. The van der Waals surface area contributed by atoms with Crippen molar-refractivity contribution in [3.8, 4) is 0 Å². The first-order valence-corrected chi connectivity index (χ1v) is 4.05. The van der Waals surface area contributed by atoms with E-state index in [-0.39, 0.29) is 0 Å². The van der Waals surface area contributed by atoms with Crippen LogP contribution in [0.5, 0.6) is 0 Å². The molecule has 0 aromatic heterocycles. The summed E-state index contributed by atoms with van der Waals surface area (Å²) in [7, 11) is 0. The number of hydrogen-bond donors (Lipinski definition) is 0. The van der Waals surface area contributed by atoms with Gasteiger partial charge in [-0.05, 0) is 13.5 Å². The first-order chi connectivity index (χ1) is 4.35. The smallest absolute Gasteiger partial charge is 0.0351 e. The van der Waals surface area contributed by atoms with E-state index < -0.39 is 0 Å². The van der Waals surface area contributed by atoms with Crippen LogP contribution in [0, 0.1) is 6.92 Å². The highest BCUT2D eigenvalue weighted by Crippen LogP contribution is 1.89. The normalized spacial score (nSPS) is 10.7. The van der Waals surface area contributed by atoms with Crippen LogP contribution in [0.3, 0.4) is 0 Å². The van der Waals surface area contributed by atoms with Crippen LogP contribution in [-0.4, -0.2) is 36.3 Å². The molecule has 0 amide bonds. The Morgan fingerprint density at radius 1 is 1.11 bits per heavy atom. The second-order valence-electron chi connectivity index (χ2n) is 1.72. The lowest BCUT2D eigenvalue weighted by atomic mass is 10.5. The van der Waals surface area contributed by atoms with Gasteiger partial charge in [-0.1, -0.05) is 0 Å². The topological polar surface area (TPSA) is 3.24 Å². The van der Waals surface area contributed by atoms with Gasteiger partial charge in [0.15, 0.2) is 0 Å². The van der Waals surface area contributed by atoms with Gasteiger partial charge in [0.1, 0.15) is 0 Å². The maximum absolute atomic E-state index is 5.50. The van der Waals surface area contributed by atoms with Gasteiger partial charge in [0, 0.05) is 24.8 Å². The van der Waals surface area contributed by atoms with E-state index in [0.717, 1.165) is 19.6 Å². The summed E-state index contributed by atoms with van der Waals surface area (Å²) in [5.74, 6) is 1.32. The molecule has 0 rings (SSSR count). The zero-order valence-corrected chi connectivity index (χ0v) is 6.96. The highest BCUT2D eigenvalue weighted by atomic mass is 35.5. The largest absolute Gasteiger partial charge is 0.301 e. The van der Waals surface area contributed by atoms with E-state index in [9.17, 15) is 0 Å². The first-order valence-electron chi connectivity index (χ1n) is 2.98. The van der Waals surface area contributed by atoms with Gasteiger partial charge in [-0.15, -0.1) is 23.2 Å². The molecular formula is C6H12Cl2N. The van der Waals surface area contributed by atoms with E-state index in [1.165, 1.54) is 0 Å². The Morgan fingerprint density at radius 2 is 1.56 bits per heavy atom. The number of hydrogen-bond acceptors (Lipinski definition) is 1. The summed E-state index contributed by atoms with van der Waals surface area (Å²) in [5, 5.41) is 0. The highest BCUT2D eigenvalue weighted by Gasteiger charge is 1.97. The van der Waals surface area contributed by atoms with Crippen molar-refractivity contribution in [3.05, 3.63) is 6.92 Å². The van der Waals surface area contributed by atoms with Crippen LogP contribution in [0.1, 0.15) is 0 Å². The molecule has 1 radical (unpaired) electrons. The molecule has 3 heteroatoms. The number of rotatable bonds is 5. The summed E-state index contributed by atoms with van der Waals surface area (Å²) >= 11 is 11.0. The zero-order valence-electron chi connectivity index (χ0n) is 5.45. The average molecular weight is 169 g/mol. The predicted octanol–water partition coefficient (Wildman–Crippen LogP) is 1.60. The quantitative estimate of drug-likeness (QED) is 0.565. The van der Waals surface area contributed by atoms with Crippen LogP contribution < -0.4 is 0 Å². The third-order valence-electron chi connectivity index (χ3n) is 1.12. The van der Waals surface area contributed by atoms with E-state index in [0.29, 0.717) is 11.8 Å². The molecule has 0 aromatic carbocycles. The van der Waals surface area contributed by atoms with Gasteiger partial charge < -0.3 is 4.90 Å². The Morgan fingerprint density at radius 3 is 1.78 bits per heavy atom. The van der Waals surface area contributed by atoms with Crippen LogP contribution in [0.25, 0.3) is 0 Å². The fourth-order valence-electron chi connectivity index (χ4n) is 0.574. The van der Waals surface area contributed by atoms with Gasteiger partial charge in [0.25, 0.3) is 0 Å². The summed E-state index contributed by atoms with van der Waals surface area (Å²) in [6.07, 6.45) is 0. The molecule has 0 aliphatic rings. The van der Waals surface area contributed by atoms with Crippen molar-refractivity contribution < 1.29 is 0 Å². The minimum absolute atomic E-state index is 0.659. The summed E-state index contributed by atoms with van der Waals surface area (Å²) in [5.41, 5.74) is 0. The molecular weight excluding hydrogens is 157 g/mol. The van der Waals surface area contributed by atoms with Gasteiger partial charge in [-0.2, -0.15) is 0 Å². The third-order valence-corrected chi connectivity index (χ3v) is 1.46. The van der Waals surface area contributed by atoms with E-state index in [1.807, 2.05) is 0 Å². The Balaban J connectivity index is 3.18. The van der Waals surface area contributed by atoms with Crippen molar-refractivity contribution in [2.45, 2.75) is 0 Å². The second kappa shape index (κ2) is 6.66.